The number of esters is 1. The van der Waals surface area contributed by atoms with E-state index < -0.39 is 5.97 Å². The molecule has 0 aliphatic heterocycles. The van der Waals surface area contributed by atoms with E-state index in [9.17, 15) is 9.59 Å². The summed E-state index contributed by atoms with van der Waals surface area (Å²) < 4.78 is 5.19. The quantitative estimate of drug-likeness (QED) is 0.0934. The minimum atomic E-state index is -0.412. The van der Waals surface area contributed by atoms with Gasteiger partial charge in [-0.3, -0.25) is 9.59 Å². The number of benzene rings is 1. The van der Waals surface area contributed by atoms with Crippen molar-refractivity contribution in [3.63, 3.8) is 0 Å². The highest BCUT2D eigenvalue weighted by atomic mass is 16.5. The number of ketones is 1. The Bertz CT molecular complexity index is 538. The monoisotopic (exact) mass is 416 g/mol. The van der Waals surface area contributed by atoms with Gasteiger partial charge < -0.3 is 4.74 Å². The summed E-state index contributed by atoms with van der Waals surface area (Å²) in [6, 6.07) is 8.91. The van der Waals surface area contributed by atoms with Gasteiger partial charge >= 0.3 is 5.97 Å². The number of unbranched alkanes of at least 4 members (excludes halogenated alkanes) is 15. The van der Waals surface area contributed by atoms with E-state index >= 15 is 0 Å². The Morgan fingerprint density at radius 3 is 1.53 bits per heavy atom. The molecule has 0 aromatic heterocycles. The van der Waals surface area contributed by atoms with Gasteiger partial charge in [0.25, 0.3) is 0 Å². The van der Waals surface area contributed by atoms with Gasteiger partial charge in [0, 0.05) is 5.56 Å². The maximum Gasteiger partial charge on any atom is 0.313 e. The van der Waals surface area contributed by atoms with E-state index in [1.54, 1.807) is 24.3 Å². The third-order valence-corrected chi connectivity index (χ3v) is 5.66. The zero-order valence-electron chi connectivity index (χ0n) is 19.3. The van der Waals surface area contributed by atoms with Crippen LogP contribution in [0.2, 0.25) is 0 Å². The first-order chi connectivity index (χ1) is 14.7. The van der Waals surface area contributed by atoms with Gasteiger partial charge in [-0.2, -0.15) is 0 Å². The molecule has 0 saturated heterocycles. The Hall–Kier alpha value is -1.64. The van der Waals surface area contributed by atoms with Gasteiger partial charge in [0.15, 0.2) is 5.78 Å². The summed E-state index contributed by atoms with van der Waals surface area (Å²) in [6.07, 6.45) is 21.0. The number of ether oxygens (including phenoxy) is 1. The second-order valence-electron chi connectivity index (χ2n) is 8.49. The molecule has 0 radical (unpaired) electrons. The molecule has 0 bridgehead atoms. The van der Waals surface area contributed by atoms with Crippen molar-refractivity contribution in [2.24, 2.45) is 0 Å². The van der Waals surface area contributed by atoms with Gasteiger partial charge in [-0.15, -0.1) is 0 Å². The minimum absolute atomic E-state index is 0.164. The number of hydrogen-bond acceptors (Lipinski definition) is 3. The summed E-state index contributed by atoms with van der Waals surface area (Å²) in [5.41, 5.74) is 0.567. The van der Waals surface area contributed by atoms with Crippen molar-refractivity contribution in [3.8, 4) is 0 Å². The highest BCUT2D eigenvalue weighted by molar-refractivity contribution is 6.05. The molecule has 3 nitrogen and oxygen atoms in total. The fraction of sp³-hybridized carbons (Fsp3) is 0.704. The molecule has 1 rings (SSSR count). The second kappa shape index (κ2) is 19.3. The molecular weight excluding hydrogens is 372 g/mol. The van der Waals surface area contributed by atoms with Crippen LogP contribution in [0.3, 0.4) is 0 Å². The predicted octanol–water partition coefficient (Wildman–Crippen LogP) is 8.06. The zero-order valence-corrected chi connectivity index (χ0v) is 19.3. The molecule has 0 fully saturated rings. The van der Waals surface area contributed by atoms with Crippen molar-refractivity contribution in [1.29, 1.82) is 0 Å². The van der Waals surface area contributed by atoms with Crippen LogP contribution < -0.4 is 0 Å². The minimum Gasteiger partial charge on any atom is -0.465 e. The standard InChI is InChI=1S/C27H44O3/c1-2-3-4-5-6-7-8-9-10-11-12-13-14-15-16-20-23-30-27(29)24-26(28)25-21-18-17-19-22-25/h17-19,21-22H,2-16,20,23-24H2,1H3. The highest BCUT2D eigenvalue weighted by Gasteiger charge is 2.12. The van der Waals surface area contributed by atoms with E-state index in [2.05, 4.69) is 6.92 Å². The van der Waals surface area contributed by atoms with Gasteiger partial charge in [0.1, 0.15) is 6.42 Å². The molecule has 0 N–H and O–H groups in total. The molecule has 0 aliphatic rings. The normalized spacial score (nSPS) is 10.8. The van der Waals surface area contributed by atoms with Crippen molar-refractivity contribution >= 4 is 11.8 Å². The molecule has 0 atom stereocenters. The molecular formula is C27H44O3. The smallest absolute Gasteiger partial charge is 0.313 e. The third-order valence-electron chi connectivity index (χ3n) is 5.66. The van der Waals surface area contributed by atoms with Crippen LogP contribution in [0.25, 0.3) is 0 Å². The van der Waals surface area contributed by atoms with Crippen LogP contribution in [0.1, 0.15) is 126 Å². The average Bonchev–Trinajstić information content (AvgIpc) is 2.76. The Morgan fingerprint density at radius 1 is 0.633 bits per heavy atom. The molecule has 0 spiro atoms. The van der Waals surface area contributed by atoms with Crippen molar-refractivity contribution in [1.82, 2.24) is 0 Å². The van der Waals surface area contributed by atoms with Gasteiger partial charge in [0.05, 0.1) is 6.61 Å². The van der Waals surface area contributed by atoms with Gasteiger partial charge in [-0.1, -0.05) is 134 Å². The summed E-state index contributed by atoms with van der Waals surface area (Å²) in [5, 5.41) is 0. The molecule has 3 heteroatoms. The number of rotatable bonds is 20. The third kappa shape index (κ3) is 15.2. The molecule has 1 aromatic rings. The average molecular weight is 417 g/mol. The van der Waals surface area contributed by atoms with Crippen LogP contribution >= 0.6 is 0 Å². The summed E-state index contributed by atoms with van der Waals surface area (Å²) in [4.78, 5) is 23.7. The summed E-state index contributed by atoms with van der Waals surface area (Å²) in [7, 11) is 0. The van der Waals surface area contributed by atoms with Crippen LogP contribution in [0.4, 0.5) is 0 Å². The first-order valence-electron chi connectivity index (χ1n) is 12.5. The zero-order chi connectivity index (χ0) is 21.7. The molecule has 170 valence electrons. The van der Waals surface area contributed by atoms with Crippen molar-refractivity contribution < 1.29 is 14.3 Å². The van der Waals surface area contributed by atoms with E-state index in [1.165, 1.54) is 89.9 Å². The lowest BCUT2D eigenvalue weighted by atomic mass is 10.0. The van der Waals surface area contributed by atoms with Gasteiger partial charge in [-0.25, -0.2) is 0 Å². The first kappa shape index (κ1) is 26.4. The lowest BCUT2D eigenvalue weighted by Gasteiger charge is -2.05. The molecule has 0 heterocycles. The summed E-state index contributed by atoms with van der Waals surface area (Å²) in [5.74, 6) is -0.586. The van der Waals surface area contributed by atoms with Crippen molar-refractivity contribution in [2.75, 3.05) is 6.61 Å². The van der Waals surface area contributed by atoms with Gasteiger partial charge in [0.2, 0.25) is 0 Å². The number of Topliss-reactive ketones (excluding diaryl/α,β-unsaturated/α-hetero) is 1. The summed E-state index contributed by atoms with van der Waals surface area (Å²) >= 11 is 0. The van der Waals surface area contributed by atoms with Gasteiger partial charge in [-0.05, 0) is 6.42 Å². The Balaban J connectivity index is 1.80. The largest absolute Gasteiger partial charge is 0.465 e. The summed E-state index contributed by atoms with van der Waals surface area (Å²) in [6.45, 7) is 2.70. The highest BCUT2D eigenvalue weighted by Crippen LogP contribution is 2.13. The van der Waals surface area contributed by atoms with Crippen LogP contribution in [-0.2, 0) is 9.53 Å². The van der Waals surface area contributed by atoms with E-state index in [-0.39, 0.29) is 12.2 Å². The van der Waals surface area contributed by atoms with Crippen LogP contribution in [-0.4, -0.2) is 18.4 Å². The van der Waals surface area contributed by atoms with E-state index in [1.807, 2.05) is 6.07 Å². The Labute approximate surface area is 185 Å². The van der Waals surface area contributed by atoms with Crippen molar-refractivity contribution in [3.05, 3.63) is 35.9 Å². The lowest BCUT2D eigenvalue weighted by Crippen LogP contribution is -2.12. The van der Waals surface area contributed by atoms with Crippen LogP contribution in [0.5, 0.6) is 0 Å². The number of carbonyl (C=O) groups excluding carboxylic acids is 2. The van der Waals surface area contributed by atoms with Crippen LogP contribution in [0, 0.1) is 0 Å². The predicted molar refractivity (Wildman–Crippen MR) is 126 cm³/mol. The Morgan fingerprint density at radius 2 is 1.07 bits per heavy atom. The maximum atomic E-state index is 11.9. The molecule has 0 unspecified atom stereocenters. The van der Waals surface area contributed by atoms with Crippen LogP contribution in [0.15, 0.2) is 30.3 Å². The molecule has 1 aromatic carbocycles. The Kier molecular flexibility index (Phi) is 17.0. The number of hydrogen-bond donors (Lipinski definition) is 0. The fourth-order valence-electron chi connectivity index (χ4n) is 3.74. The molecule has 0 saturated carbocycles. The first-order valence-corrected chi connectivity index (χ1v) is 12.5. The number of carbonyl (C=O) groups is 2. The molecule has 0 amide bonds. The SMILES string of the molecule is CCCCCCCCCCCCCCCCCCOC(=O)CC(=O)c1ccccc1. The van der Waals surface area contributed by atoms with Crippen molar-refractivity contribution in [2.45, 2.75) is 116 Å². The fourth-order valence-corrected chi connectivity index (χ4v) is 3.74. The molecule has 0 aliphatic carbocycles. The maximum absolute atomic E-state index is 11.9. The molecule has 30 heavy (non-hydrogen) atoms. The van der Waals surface area contributed by atoms with E-state index in [4.69, 9.17) is 4.74 Å². The topological polar surface area (TPSA) is 43.4 Å². The van der Waals surface area contributed by atoms with E-state index in [0.717, 1.165) is 12.8 Å². The second-order valence-corrected chi connectivity index (χ2v) is 8.49. The van der Waals surface area contributed by atoms with E-state index in [0.29, 0.717) is 12.2 Å². The lowest BCUT2D eigenvalue weighted by molar-refractivity contribution is -0.142.